The fraction of sp³-hybridized carbons (Fsp3) is 0.533. The van der Waals surface area contributed by atoms with E-state index in [2.05, 4.69) is 12.2 Å². The van der Waals surface area contributed by atoms with Gasteiger partial charge in [-0.25, -0.2) is 0 Å². The van der Waals surface area contributed by atoms with Gasteiger partial charge in [0.2, 0.25) is 5.91 Å². The van der Waals surface area contributed by atoms with Crippen LogP contribution in [0, 0.1) is 5.92 Å². The predicted molar refractivity (Wildman–Crippen MR) is 83.7 cm³/mol. The molecule has 110 valence electrons. The van der Waals surface area contributed by atoms with Crippen molar-refractivity contribution in [1.29, 1.82) is 0 Å². The van der Waals surface area contributed by atoms with Gasteiger partial charge in [0.1, 0.15) is 0 Å². The van der Waals surface area contributed by atoms with Crippen LogP contribution in [0.25, 0.3) is 0 Å². The number of benzene rings is 1. The molecule has 1 aromatic rings. The third-order valence-electron chi connectivity index (χ3n) is 3.91. The Morgan fingerprint density at radius 3 is 2.50 bits per heavy atom. The van der Waals surface area contributed by atoms with Crippen molar-refractivity contribution in [2.45, 2.75) is 26.2 Å². The van der Waals surface area contributed by atoms with Gasteiger partial charge in [-0.2, -0.15) is 0 Å². The molecule has 0 bridgehead atoms. The fourth-order valence-corrected chi connectivity index (χ4v) is 3.02. The van der Waals surface area contributed by atoms with Gasteiger partial charge in [-0.1, -0.05) is 36.2 Å². The number of hydrogen-bond donors (Lipinski definition) is 2. The van der Waals surface area contributed by atoms with Crippen molar-refractivity contribution < 1.29 is 9.69 Å². The number of halogens is 2. The van der Waals surface area contributed by atoms with Crippen LogP contribution in [0.2, 0.25) is 10.0 Å². The molecule has 1 aliphatic heterocycles. The lowest BCUT2D eigenvalue weighted by Crippen LogP contribution is -3.13. The Labute approximate surface area is 130 Å². The molecule has 2 N–H and O–H groups in total. The highest BCUT2D eigenvalue weighted by Crippen LogP contribution is 2.29. The minimum absolute atomic E-state index is 0.0221. The van der Waals surface area contributed by atoms with Gasteiger partial charge in [0.25, 0.3) is 0 Å². The van der Waals surface area contributed by atoms with Crippen molar-refractivity contribution in [2.75, 3.05) is 25.0 Å². The Balaban J connectivity index is 1.81. The second kappa shape index (κ2) is 7.30. The molecule has 1 heterocycles. The zero-order chi connectivity index (χ0) is 14.5. The summed E-state index contributed by atoms with van der Waals surface area (Å²) in [6.45, 7) is 5.51. The van der Waals surface area contributed by atoms with Crippen LogP contribution < -0.4 is 10.2 Å². The number of para-hydroxylation sites is 1. The number of rotatable bonds is 4. The van der Waals surface area contributed by atoms with Gasteiger partial charge in [0.15, 0.2) is 0 Å². The molecule has 0 radical (unpaired) electrons. The van der Waals surface area contributed by atoms with Crippen LogP contribution >= 0.6 is 23.2 Å². The molecule has 3 nitrogen and oxygen atoms in total. The molecular weight excluding hydrogens is 295 g/mol. The summed E-state index contributed by atoms with van der Waals surface area (Å²) in [6.07, 6.45) is 3.02. The van der Waals surface area contributed by atoms with E-state index in [9.17, 15) is 4.79 Å². The first-order valence-electron chi connectivity index (χ1n) is 7.13. The summed E-state index contributed by atoms with van der Waals surface area (Å²) in [5.74, 6) is 0.806. The van der Waals surface area contributed by atoms with Crippen LogP contribution in [-0.2, 0) is 4.79 Å². The first kappa shape index (κ1) is 15.6. The van der Waals surface area contributed by atoms with Crippen molar-refractivity contribution >= 4 is 34.8 Å². The van der Waals surface area contributed by atoms with Crippen LogP contribution in [0.15, 0.2) is 18.2 Å². The maximum Gasteiger partial charge on any atom is 0.230 e. The lowest BCUT2D eigenvalue weighted by atomic mass is 9.99. The average Bonchev–Trinajstić information content (AvgIpc) is 2.42. The Hall–Kier alpha value is -0.770. The minimum Gasteiger partial charge on any atom is -0.334 e. The maximum atomic E-state index is 12.0. The molecule has 0 aliphatic carbocycles. The monoisotopic (exact) mass is 315 g/mol. The van der Waals surface area contributed by atoms with Crippen molar-refractivity contribution in [3.8, 4) is 0 Å². The quantitative estimate of drug-likeness (QED) is 0.880. The van der Waals surface area contributed by atoms with Gasteiger partial charge in [-0.05, 0) is 30.9 Å². The maximum absolute atomic E-state index is 12.0. The van der Waals surface area contributed by atoms with Crippen LogP contribution in [0.5, 0.6) is 0 Å². The molecule has 1 amide bonds. The van der Waals surface area contributed by atoms with E-state index in [-0.39, 0.29) is 5.91 Å². The normalized spacial score (nSPS) is 22.6. The second-order valence-electron chi connectivity index (χ2n) is 5.58. The third-order valence-corrected chi connectivity index (χ3v) is 4.54. The Kier molecular flexibility index (Phi) is 5.70. The largest absolute Gasteiger partial charge is 0.334 e. The number of hydrogen-bond acceptors (Lipinski definition) is 1. The third kappa shape index (κ3) is 4.37. The number of piperidine rings is 1. The number of likely N-dealkylation sites (tertiary alicyclic amines) is 1. The Morgan fingerprint density at radius 2 is 1.90 bits per heavy atom. The number of nitrogens with one attached hydrogen (secondary N) is 2. The summed E-state index contributed by atoms with van der Waals surface area (Å²) in [4.78, 5) is 13.5. The minimum atomic E-state index is -0.0221. The summed E-state index contributed by atoms with van der Waals surface area (Å²) >= 11 is 12.1. The molecule has 0 atom stereocenters. The summed E-state index contributed by atoms with van der Waals surface area (Å²) in [5.41, 5.74) is 0.517. The van der Waals surface area contributed by atoms with E-state index in [1.165, 1.54) is 30.8 Å². The van der Waals surface area contributed by atoms with Gasteiger partial charge in [0.05, 0.1) is 41.8 Å². The van der Waals surface area contributed by atoms with E-state index in [0.29, 0.717) is 22.2 Å². The second-order valence-corrected chi connectivity index (χ2v) is 6.39. The Morgan fingerprint density at radius 1 is 1.30 bits per heavy atom. The van der Waals surface area contributed by atoms with E-state index in [4.69, 9.17) is 23.2 Å². The van der Waals surface area contributed by atoms with Gasteiger partial charge >= 0.3 is 0 Å². The summed E-state index contributed by atoms with van der Waals surface area (Å²) in [6, 6.07) is 5.21. The topological polar surface area (TPSA) is 33.5 Å². The number of quaternary nitrogens is 1. The van der Waals surface area contributed by atoms with Gasteiger partial charge in [0, 0.05) is 0 Å². The SMILES string of the molecule is CC1CC[NH+](CCC(=O)Nc2c(Cl)cccc2Cl)CC1. The number of carbonyl (C=O) groups excluding carboxylic acids is 1. The fourth-order valence-electron chi connectivity index (χ4n) is 2.53. The lowest BCUT2D eigenvalue weighted by Gasteiger charge is -2.27. The molecule has 5 heteroatoms. The molecule has 0 spiro atoms. The molecule has 20 heavy (non-hydrogen) atoms. The summed E-state index contributed by atoms with van der Waals surface area (Å²) < 4.78 is 0. The lowest BCUT2D eigenvalue weighted by molar-refractivity contribution is -0.905. The molecule has 1 aliphatic rings. The standard InChI is InChI=1S/C15H20Cl2N2O/c1-11-5-8-19(9-6-11)10-7-14(20)18-15-12(16)3-2-4-13(15)17/h2-4,11H,5-10H2,1H3,(H,18,20)/p+1. The molecule has 1 aromatic carbocycles. The molecule has 0 saturated carbocycles. The highest BCUT2D eigenvalue weighted by Gasteiger charge is 2.19. The first-order chi connectivity index (χ1) is 9.56. The number of anilines is 1. The highest BCUT2D eigenvalue weighted by atomic mass is 35.5. The molecule has 2 rings (SSSR count). The zero-order valence-electron chi connectivity index (χ0n) is 11.7. The Bertz CT molecular complexity index is 451. The average molecular weight is 316 g/mol. The van der Waals surface area contributed by atoms with E-state index < -0.39 is 0 Å². The van der Waals surface area contributed by atoms with E-state index >= 15 is 0 Å². The molecule has 1 saturated heterocycles. The smallest absolute Gasteiger partial charge is 0.230 e. The predicted octanol–water partition coefficient (Wildman–Crippen LogP) is 2.64. The van der Waals surface area contributed by atoms with Crippen molar-refractivity contribution in [2.24, 2.45) is 5.92 Å². The highest BCUT2D eigenvalue weighted by molar-refractivity contribution is 6.39. The summed E-state index contributed by atoms with van der Waals surface area (Å²) in [7, 11) is 0. The van der Waals surface area contributed by atoms with E-state index in [1.807, 2.05) is 0 Å². The molecule has 0 unspecified atom stereocenters. The van der Waals surface area contributed by atoms with Crippen LogP contribution in [0.3, 0.4) is 0 Å². The first-order valence-corrected chi connectivity index (χ1v) is 7.89. The van der Waals surface area contributed by atoms with Crippen LogP contribution in [0.1, 0.15) is 26.2 Å². The van der Waals surface area contributed by atoms with Crippen molar-refractivity contribution in [3.63, 3.8) is 0 Å². The molecule has 1 fully saturated rings. The van der Waals surface area contributed by atoms with Crippen molar-refractivity contribution in [3.05, 3.63) is 28.2 Å². The van der Waals surface area contributed by atoms with E-state index in [1.54, 1.807) is 18.2 Å². The van der Waals surface area contributed by atoms with Gasteiger partial charge in [-0.15, -0.1) is 0 Å². The van der Waals surface area contributed by atoms with Crippen LogP contribution in [0.4, 0.5) is 5.69 Å². The number of carbonyl (C=O) groups is 1. The van der Waals surface area contributed by atoms with Gasteiger partial charge < -0.3 is 10.2 Å². The number of amides is 1. The molecular formula is C15H21Cl2N2O+. The summed E-state index contributed by atoms with van der Waals surface area (Å²) in [5, 5.41) is 3.76. The van der Waals surface area contributed by atoms with Crippen LogP contribution in [-0.4, -0.2) is 25.5 Å². The van der Waals surface area contributed by atoms with E-state index in [0.717, 1.165) is 12.5 Å². The molecule has 0 aromatic heterocycles. The zero-order valence-corrected chi connectivity index (χ0v) is 13.2. The van der Waals surface area contributed by atoms with Crippen molar-refractivity contribution in [1.82, 2.24) is 0 Å². The van der Waals surface area contributed by atoms with Gasteiger partial charge in [-0.3, -0.25) is 4.79 Å².